The highest BCUT2D eigenvalue weighted by molar-refractivity contribution is 4.98. The molecule has 1 saturated carbocycles. The second kappa shape index (κ2) is 7.94. The van der Waals surface area contributed by atoms with E-state index in [1.54, 1.807) is 0 Å². The van der Waals surface area contributed by atoms with Gasteiger partial charge in [0.2, 0.25) is 0 Å². The molecule has 1 fully saturated rings. The normalized spacial score (nSPS) is 40.3. The molecule has 0 spiro atoms. The molecule has 0 saturated heterocycles. The summed E-state index contributed by atoms with van der Waals surface area (Å²) in [6.45, 7) is -0.729. The Labute approximate surface area is 103 Å². The van der Waals surface area contributed by atoms with Gasteiger partial charge in [-0.1, -0.05) is 0 Å². The fourth-order valence-corrected chi connectivity index (χ4v) is 1.27. The van der Waals surface area contributed by atoms with Crippen LogP contribution in [0.15, 0.2) is 0 Å². The number of hydrogen-bond acceptors (Lipinski definition) is 9. The molecule has 0 amide bonds. The van der Waals surface area contributed by atoms with Gasteiger partial charge in [-0.3, -0.25) is 0 Å². The van der Waals surface area contributed by atoms with Gasteiger partial charge in [-0.05, 0) is 0 Å². The largest absolute Gasteiger partial charge is 0.394 e. The molecule has 1 aliphatic rings. The first-order valence-electron chi connectivity index (χ1n) is 5.26. The molecule has 9 nitrogen and oxygen atoms in total. The van der Waals surface area contributed by atoms with Crippen molar-refractivity contribution in [2.45, 2.75) is 42.7 Å². The van der Waals surface area contributed by atoms with Crippen LogP contribution < -0.4 is 0 Å². The van der Waals surface area contributed by atoms with Crippen LogP contribution in [0.5, 0.6) is 0 Å². The van der Waals surface area contributed by atoms with Gasteiger partial charge in [0.1, 0.15) is 42.7 Å². The van der Waals surface area contributed by atoms with E-state index in [0.29, 0.717) is 0 Å². The van der Waals surface area contributed by atoms with E-state index in [1.807, 2.05) is 0 Å². The maximum atomic E-state index is 8.97. The summed E-state index contributed by atoms with van der Waals surface area (Å²) in [5.41, 5.74) is 0. The predicted molar refractivity (Wildman–Crippen MR) is 56.2 cm³/mol. The molecule has 1 rings (SSSR count). The third kappa shape index (κ3) is 4.39. The van der Waals surface area contributed by atoms with Crippen molar-refractivity contribution >= 4 is 0 Å². The van der Waals surface area contributed by atoms with Crippen molar-refractivity contribution in [3.8, 4) is 0 Å². The Balaban J connectivity index is 0.000000411. The van der Waals surface area contributed by atoms with Crippen LogP contribution >= 0.6 is 0 Å². The van der Waals surface area contributed by atoms with Crippen LogP contribution in [-0.4, -0.2) is 102 Å². The number of rotatable bonds is 2. The van der Waals surface area contributed by atoms with E-state index in [0.717, 1.165) is 0 Å². The fourth-order valence-electron chi connectivity index (χ4n) is 1.27. The zero-order chi connectivity index (χ0) is 14.5. The van der Waals surface area contributed by atoms with Crippen molar-refractivity contribution in [1.29, 1.82) is 0 Å². The van der Waals surface area contributed by atoms with Crippen LogP contribution in [0.2, 0.25) is 0 Å². The first-order chi connectivity index (χ1) is 8.27. The zero-order valence-corrected chi connectivity index (χ0v) is 9.48. The van der Waals surface area contributed by atoms with Gasteiger partial charge in [0.05, 0.1) is 13.2 Å². The summed E-state index contributed by atoms with van der Waals surface area (Å²) in [5, 5.41) is 77.9. The second-order valence-corrected chi connectivity index (χ2v) is 3.96. The first-order valence-corrected chi connectivity index (χ1v) is 5.26. The van der Waals surface area contributed by atoms with E-state index in [1.165, 1.54) is 0 Å². The molecule has 0 radical (unpaired) electrons. The number of hydrogen-bond donors (Lipinski definition) is 9. The molecule has 1 aliphatic carbocycles. The van der Waals surface area contributed by atoms with Gasteiger partial charge in [0.15, 0.2) is 0 Å². The molecule has 0 unspecified atom stereocenters. The first kappa shape index (κ1) is 17.6. The molecule has 0 aromatic rings. The maximum absolute atomic E-state index is 8.97. The summed E-state index contributed by atoms with van der Waals surface area (Å²) < 4.78 is 0. The van der Waals surface area contributed by atoms with Crippen LogP contribution in [0.1, 0.15) is 0 Å². The second-order valence-electron chi connectivity index (χ2n) is 3.96. The summed E-state index contributed by atoms with van der Waals surface area (Å²) in [6, 6.07) is 0. The van der Waals surface area contributed by atoms with Gasteiger partial charge >= 0.3 is 0 Å². The Hall–Kier alpha value is -0.360. The van der Waals surface area contributed by atoms with Gasteiger partial charge in [-0.15, -0.1) is 0 Å². The smallest absolute Gasteiger partial charge is 0.111 e. The summed E-state index contributed by atoms with van der Waals surface area (Å²) in [4.78, 5) is 0. The average molecular weight is 272 g/mol. The van der Waals surface area contributed by atoms with Crippen LogP contribution in [-0.2, 0) is 0 Å². The number of aliphatic hydroxyl groups excluding tert-OH is 9. The van der Waals surface area contributed by atoms with Crippen molar-refractivity contribution in [3.05, 3.63) is 0 Å². The van der Waals surface area contributed by atoms with Gasteiger partial charge in [0.25, 0.3) is 0 Å². The maximum Gasteiger partial charge on any atom is 0.111 e. The highest BCUT2D eigenvalue weighted by atomic mass is 16.4. The molecular weight excluding hydrogens is 252 g/mol. The Kier molecular flexibility index (Phi) is 7.78. The van der Waals surface area contributed by atoms with E-state index in [-0.39, 0.29) is 13.2 Å². The predicted octanol–water partition coefficient (Wildman–Crippen LogP) is -5.50. The fraction of sp³-hybridized carbons (Fsp3) is 1.00. The van der Waals surface area contributed by atoms with E-state index < -0.39 is 42.7 Å². The lowest BCUT2D eigenvalue weighted by atomic mass is 9.85. The van der Waals surface area contributed by atoms with Gasteiger partial charge in [-0.25, -0.2) is 0 Å². The zero-order valence-electron chi connectivity index (χ0n) is 9.48. The van der Waals surface area contributed by atoms with E-state index in [2.05, 4.69) is 0 Å². The van der Waals surface area contributed by atoms with Gasteiger partial charge in [0, 0.05) is 0 Å². The van der Waals surface area contributed by atoms with Crippen molar-refractivity contribution in [2.24, 2.45) is 0 Å². The Morgan fingerprint density at radius 3 is 0.778 bits per heavy atom. The molecule has 18 heavy (non-hydrogen) atoms. The Bertz CT molecular complexity index is 164. The summed E-state index contributed by atoms with van der Waals surface area (Å²) >= 11 is 0. The molecule has 110 valence electrons. The monoisotopic (exact) mass is 272 g/mol. The molecule has 9 N–H and O–H groups in total. The van der Waals surface area contributed by atoms with Crippen molar-refractivity contribution in [1.82, 2.24) is 0 Å². The van der Waals surface area contributed by atoms with Crippen LogP contribution in [0.4, 0.5) is 0 Å². The Morgan fingerprint density at radius 1 is 0.556 bits per heavy atom. The van der Waals surface area contributed by atoms with E-state index >= 15 is 0 Å². The SMILES string of the molecule is OC1C(O)C(O)C(O)C(O)C1O.OCC(O)CO. The molecular formula is C9H20O9. The quantitative estimate of drug-likeness (QED) is 0.237. The standard InChI is InChI=1S/C6H12O6.C3H8O3/c7-1-2(8)4(10)6(12)5(11)3(1)9;4-1-3(6)2-5/h1-12H;3-6H,1-2H2. The van der Waals surface area contributed by atoms with Crippen LogP contribution in [0, 0.1) is 0 Å². The summed E-state index contributed by atoms with van der Waals surface area (Å²) in [5.74, 6) is 0. The molecule has 0 bridgehead atoms. The van der Waals surface area contributed by atoms with E-state index in [4.69, 9.17) is 46.0 Å². The van der Waals surface area contributed by atoms with Crippen LogP contribution in [0.25, 0.3) is 0 Å². The minimum Gasteiger partial charge on any atom is -0.394 e. The highest BCUT2D eigenvalue weighted by Gasteiger charge is 2.47. The van der Waals surface area contributed by atoms with E-state index in [9.17, 15) is 0 Å². The third-order valence-corrected chi connectivity index (χ3v) is 2.52. The van der Waals surface area contributed by atoms with Crippen molar-refractivity contribution in [2.75, 3.05) is 13.2 Å². The molecule has 0 aliphatic heterocycles. The molecule has 0 atom stereocenters. The minimum absolute atomic E-state index is 0.365. The lowest BCUT2D eigenvalue weighted by molar-refractivity contribution is -0.223. The van der Waals surface area contributed by atoms with Gasteiger partial charge in [-0.2, -0.15) is 0 Å². The minimum atomic E-state index is -1.64. The molecule has 9 heteroatoms. The van der Waals surface area contributed by atoms with Gasteiger partial charge < -0.3 is 46.0 Å². The molecule has 0 aromatic heterocycles. The molecule has 0 heterocycles. The van der Waals surface area contributed by atoms with Crippen LogP contribution in [0.3, 0.4) is 0 Å². The molecule has 0 aromatic carbocycles. The topological polar surface area (TPSA) is 182 Å². The van der Waals surface area contributed by atoms with Crippen molar-refractivity contribution in [3.63, 3.8) is 0 Å². The Morgan fingerprint density at radius 2 is 0.722 bits per heavy atom. The van der Waals surface area contributed by atoms with Crippen molar-refractivity contribution < 1.29 is 46.0 Å². The number of aliphatic hydroxyl groups is 9. The summed E-state index contributed by atoms with van der Waals surface area (Å²) in [6.07, 6.45) is -10.8. The summed E-state index contributed by atoms with van der Waals surface area (Å²) in [7, 11) is 0. The lowest BCUT2D eigenvalue weighted by Crippen LogP contribution is -2.63. The lowest BCUT2D eigenvalue weighted by Gasteiger charge is -2.39. The third-order valence-electron chi connectivity index (χ3n) is 2.52. The highest BCUT2D eigenvalue weighted by Crippen LogP contribution is 2.20. The average Bonchev–Trinajstić information content (AvgIpc) is 2.40.